The van der Waals surface area contributed by atoms with Gasteiger partial charge >= 0.3 is 23.9 Å². The lowest BCUT2D eigenvalue weighted by Crippen LogP contribution is -2.53. The average Bonchev–Trinajstić information content (AvgIpc) is 3.21. The standard InChI is InChI=1S/C49H75N5O9/c1-48(2,3)62-42(55)28-27-40(46(59)63-49(4,5)6)54-47(60)53-39(45(58)61-38-18-10-8-7-9-11-19-38)20-14-15-29-51-44(57)41(52-43(56)36-25-21-33(32-50)22-26-36)31-34-23-24-35-16-12-13-17-37(35)30-34/h12-13,16-17,23-24,30,33,36,38-41H,7-11,14-15,18-22,25-29,31-32,50H2,1-6H3,(H,51,57)(H,52,56)(H2,53,54,60). The highest BCUT2D eigenvalue weighted by Crippen LogP contribution is 2.29. The maximum Gasteiger partial charge on any atom is 0.329 e. The molecule has 3 atom stereocenters. The number of esters is 3. The fourth-order valence-electron chi connectivity index (χ4n) is 8.24. The molecule has 0 aliphatic heterocycles. The number of rotatable bonds is 19. The molecule has 0 heterocycles. The lowest BCUT2D eigenvalue weighted by molar-refractivity contribution is -0.158. The van der Waals surface area contributed by atoms with Gasteiger partial charge in [0.25, 0.3) is 0 Å². The number of carbonyl (C=O) groups excluding carboxylic acids is 6. The van der Waals surface area contributed by atoms with Crippen molar-refractivity contribution in [2.75, 3.05) is 13.1 Å². The van der Waals surface area contributed by atoms with E-state index >= 15 is 0 Å². The smallest absolute Gasteiger partial charge is 0.329 e. The normalized spacial score (nSPS) is 19.0. The molecule has 3 unspecified atom stereocenters. The van der Waals surface area contributed by atoms with Crippen LogP contribution in [0, 0.1) is 11.8 Å². The SMILES string of the molecule is CC(C)(C)OC(=O)CCC(NC(=O)NC(CCCCNC(=O)C(Cc1ccc2ccccc2c1)NC(=O)C1CCC(CN)CC1)C(=O)OC1CCCCCCC1)C(=O)OC(C)(C)C. The molecule has 14 heteroatoms. The number of fused-ring (bicyclic) bond motifs is 1. The molecule has 2 aliphatic rings. The van der Waals surface area contributed by atoms with E-state index in [-0.39, 0.29) is 49.6 Å². The zero-order valence-electron chi connectivity index (χ0n) is 38.7. The molecular weight excluding hydrogens is 803 g/mol. The topological polar surface area (TPSA) is 204 Å². The van der Waals surface area contributed by atoms with Gasteiger partial charge in [-0.15, -0.1) is 0 Å². The van der Waals surface area contributed by atoms with Crippen LogP contribution in [0.5, 0.6) is 0 Å². The molecule has 0 saturated heterocycles. The number of nitrogens with one attached hydrogen (secondary N) is 4. The largest absolute Gasteiger partial charge is 0.461 e. The average molecular weight is 878 g/mol. The predicted molar refractivity (Wildman–Crippen MR) is 243 cm³/mol. The molecule has 63 heavy (non-hydrogen) atoms. The number of hydrogen-bond donors (Lipinski definition) is 5. The molecule has 2 saturated carbocycles. The first-order valence-corrected chi connectivity index (χ1v) is 23.4. The zero-order valence-corrected chi connectivity index (χ0v) is 38.7. The molecule has 2 aromatic carbocycles. The van der Waals surface area contributed by atoms with Crippen molar-refractivity contribution in [2.45, 2.75) is 186 Å². The lowest BCUT2D eigenvalue weighted by atomic mass is 9.81. The van der Waals surface area contributed by atoms with Gasteiger partial charge in [0.05, 0.1) is 0 Å². The summed E-state index contributed by atoms with van der Waals surface area (Å²) >= 11 is 0. The van der Waals surface area contributed by atoms with Crippen LogP contribution in [0.4, 0.5) is 4.79 Å². The van der Waals surface area contributed by atoms with E-state index < -0.39 is 53.3 Å². The number of nitrogens with two attached hydrogens (primary N) is 1. The van der Waals surface area contributed by atoms with E-state index in [1.54, 1.807) is 41.5 Å². The molecule has 6 N–H and O–H groups in total. The van der Waals surface area contributed by atoms with E-state index in [2.05, 4.69) is 21.3 Å². The van der Waals surface area contributed by atoms with Crippen molar-refractivity contribution in [3.8, 4) is 0 Å². The predicted octanol–water partition coefficient (Wildman–Crippen LogP) is 7.07. The Bertz CT molecular complexity index is 1810. The second-order valence-corrected chi connectivity index (χ2v) is 19.5. The summed E-state index contributed by atoms with van der Waals surface area (Å²) in [6.45, 7) is 11.2. The summed E-state index contributed by atoms with van der Waals surface area (Å²) in [7, 11) is 0. The molecular formula is C49H75N5O9. The van der Waals surface area contributed by atoms with Gasteiger partial charge in [-0.05, 0) is 147 Å². The molecule has 0 radical (unpaired) electrons. The number of benzene rings is 2. The number of ether oxygens (including phenoxy) is 3. The summed E-state index contributed by atoms with van der Waals surface area (Å²) in [6, 6.07) is 10.2. The first-order chi connectivity index (χ1) is 29.9. The van der Waals surface area contributed by atoms with Crippen LogP contribution in [0.3, 0.4) is 0 Å². The first kappa shape index (κ1) is 50.9. The minimum atomic E-state index is -1.20. The van der Waals surface area contributed by atoms with Crippen LogP contribution < -0.4 is 27.0 Å². The Morgan fingerprint density at radius 1 is 0.683 bits per heavy atom. The molecule has 2 fully saturated rings. The van der Waals surface area contributed by atoms with E-state index in [4.69, 9.17) is 19.9 Å². The molecule has 350 valence electrons. The summed E-state index contributed by atoms with van der Waals surface area (Å²) in [5.74, 6) is -2.00. The van der Waals surface area contributed by atoms with Gasteiger partial charge in [-0.1, -0.05) is 61.7 Å². The van der Waals surface area contributed by atoms with Gasteiger partial charge in [-0.25, -0.2) is 14.4 Å². The van der Waals surface area contributed by atoms with Crippen LogP contribution in [0.25, 0.3) is 10.8 Å². The van der Waals surface area contributed by atoms with Crippen molar-refractivity contribution in [1.29, 1.82) is 0 Å². The summed E-state index contributed by atoms with van der Waals surface area (Å²) in [4.78, 5) is 80.4. The van der Waals surface area contributed by atoms with Gasteiger partial charge < -0.3 is 41.2 Å². The van der Waals surface area contributed by atoms with Crippen molar-refractivity contribution >= 4 is 46.5 Å². The third-order valence-electron chi connectivity index (χ3n) is 11.6. The zero-order chi connectivity index (χ0) is 46.0. The van der Waals surface area contributed by atoms with Crippen molar-refractivity contribution in [2.24, 2.45) is 17.6 Å². The van der Waals surface area contributed by atoms with Gasteiger partial charge in [0.1, 0.15) is 35.4 Å². The first-order valence-electron chi connectivity index (χ1n) is 23.4. The number of unbranched alkanes of at least 4 members (excludes halogenated alkanes) is 1. The molecule has 4 rings (SSSR count). The Labute approximate surface area is 374 Å². The fourth-order valence-corrected chi connectivity index (χ4v) is 8.24. The molecule has 0 spiro atoms. The Morgan fingerprint density at radius 2 is 1.30 bits per heavy atom. The van der Waals surface area contributed by atoms with Gasteiger partial charge in [-0.2, -0.15) is 0 Å². The number of hydrogen-bond acceptors (Lipinski definition) is 10. The van der Waals surface area contributed by atoms with E-state index in [9.17, 15) is 28.8 Å². The van der Waals surface area contributed by atoms with Crippen LogP contribution >= 0.6 is 0 Å². The minimum Gasteiger partial charge on any atom is -0.461 e. The van der Waals surface area contributed by atoms with Crippen molar-refractivity contribution in [3.05, 3.63) is 48.0 Å². The Hall–Kier alpha value is -4.72. The van der Waals surface area contributed by atoms with Crippen LogP contribution in [0.15, 0.2) is 42.5 Å². The molecule has 2 aromatic rings. The highest BCUT2D eigenvalue weighted by atomic mass is 16.6. The van der Waals surface area contributed by atoms with Gasteiger partial charge in [0.15, 0.2) is 0 Å². The third kappa shape index (κ3) is 18.9. The van der Waals surface area contributed by atoms with Crippen LogP contribution in [0.2, 0.25) is 0 Å². The van der Waals surface area contributed by atoms with Crippen molar-refractivity contribution < 1.29 is 43.0 Å². The maximum atomic E-state index is 13.8. The lowest BCUT2D eigenvalue weighted by Gasteiger charge is -2.28. The minimum absolute atomic E-state index is 0.0775. The summed E-state index contributed by atoms with van der Waals surface area (Å²) < 4.78 is 17.0. The van der Waals surface area contributed by atoms with Crippen molar-refractivity contribution in [3.63, 3.8) is 0 Å². The van der Waals surface area contributed by atoms with Crippen LogP contribution in [-0.4, -0.2) is 84.3 Å². The third-order valence-corrected chi connectivity index (χ3v) is 11.6. The van der Waals surface area contributed by atoms with E-state index in [1.807, 2.05) is 42.5 Å². The van der Waals surface area contributed by atoms with Crippen LogP contribution in [-0.2, 0) is 44.6 Å². The Balaban J connectivity index is 1.41. The second-order valence-electron chi connectivity index (χ2n) is 19.5. The van der Waals surface area contributed by atoms with Gasteiger partial charge in [-0.3, -0.25) is 14.4 Å². The number of amides is 4. The fraction of sp³-hybridized carbons (Fsp3) is 0.673. The Morgan fingerprint density at radius 3 is 1.94 bits per heavy atom. The van der Waals surface area contributed by atoms with Crippen LogP contribution in [0.1, 0.15) is 150 Å². The summed E-state index contributed by atoms with van der Waals surface area (Å²) in [5.41, 5.74) is 5.23. The summed E-state index contributed by atoms with van der Waals surface area (Å²) in [5, 5.41) is 13.6. The van der Waals surface area contributed by atoms with Crippen molar-refractivity contribution in [1.82, 2.24) is 21.3 Å². The highest BCUT2D eigenvalue weighted by Gasteiger charge is 2.32. The Kier molecular flexibility index (Phi) is 20.2. The highest BCUT2D eigenvalue weighted by molar-refractivity contribution is 5.90. The number of carbonyl (C=O) groups is 6. The molecule has 14 nitrogen and oxygen atoms in total. The second kappa shape index (κ2) is 24.9. The van der Waals surface area contributed by atoms with Gasteiger partial charge in [0, 0.05) is 25.3 Å². The monoisotopic (exact) mass is 878 g/mol. The molecule has 4 amide bonds. The molecule has 0 aromatic heterocycles. The van der Waals surface area contributed by atoms with E-state index in [1.165, 1.54) is 0 Å². The maximum absolute atomic E-state index is 13.8. The molecule has 2 aliphatic carbocycles. The van der Waals surface area contributed by atoms with E-state index in [0.29, 0.717) is 31.7 Å². The number of urea groups is 1. The quantitative estimate of drug-likeness (QED) is 0.0552. The van der Waals surface area contributed by atoms with E-state index in [0.717, 1.165) is 87.0 Å². The van der Waals surface area contributed by atoms with Gasteiger partial charge in [0.2, 0.25) is 11.8 Å². The summed E-state index contributed by atoms with van der Waals surface area (Å²) in [6.07, 6.45) is 10.9. The molecule has 0 bridgehead atoms.